The van der Waals surface area contributed by atoms with Crippen LogP contribution in [0.1, 0.15) is 21.5 Å². The van der Waals surface area contributed by atoms with E-state index in [0.29, 0.717) is 29.2 Å². The summed E-state index contributed by atoms with van der Waals surface area (Å²) in [6, 6.07) is 18.0. The standard InChI is InChI=1S/C33H41N5O6/c1-23-8-4-6-10-26(23)35-33(42)36-27-13-12-24(21-31(27)43-3)20-29(39)28(34-14-15-38-18-16-37(2)17-19-38)22-44-30-11-7-5-9-25(30)32(40)41/h4-13,21,28,34H,14-20,22H2,1-3H3,(H,40,41)(H2,35,36,42). The number of piperazine rings is 1. The van der Waals surface area contributed by atoms with Gasteiger partial charge in [0.1, 0.15) is 29.7 Å². The van der Waals surface area contributed by atoms with E-state index in [1.165, 1.54) is 13.2 Å². The maximum atomic E-state index is 13.6. The normalized spacial score (nSPS) is 14.4. The van der Waals surface area contributed by atoms with Crippen LogP contribution in [-0.4, -0.2) is 98.8 Å². The molecule has 4 N–H and O–H groups in total. The Morgan fingerprint density at radius 2 is 1.61 bits per heavy atom. The number of rotatable bonds is 14. The number of urea groups is 1. The number of carboxylic acids is 1. The van der Waals surface area contributed by atoms with Gasteiger partial charge in [-0.05, 0) is 55.4 Å². The molecule has 1 saturated heterocycles. The number of hydrogen-bond donors (Lipinski definition) is 4. The van der Waals surface area contributed by atoms with Crippen molar-refractivity contribution < 1.29 is 29.0 Å². The first-order valence-electron chi connectivity index (χ1n) is 14.7. The third kappa shape index (κ3) is 9.27. The lowest BCUT2D eigenvalue weighted by molar-refractivity contribution is -0.121. The molecule has 3 aromatic carbocycles. The minimum atomic E-state index is -1.10. The second kappa shape index (κ2) is 15.9. The smallest absolute Gasteiger partial charge is 0.339 e. The third-order valence-electron chi connectivity index (χ3n) is 7.61. The summed E-state index contributed by atoms with van der Waals surface area (Å²) in [7, 11) is 3.61. The molecule has 1 atom stereocenters. The molecule has 1 fully saturated rings. The van der Waals surface area contributed by atoms with Gasteiger partial charge in [0.15, 0.2) is 5.78 Å². The maximum absolute atomic E-state index is 13.6. The lowest BCUT2D eigenvalue weighted by Gasteiger charge is -2.32. The number of hydrogen-bond acceptors (Lipinski definition) is 8. The Hall–Kier alpha value is -4.45. The van der Waals surface area contributed by atoms with E-state index < -0.39 is 18.0 Å². The molecule has 0 aliphatic carbocycles. The molecule has 0 radical (unpaired) electrons. The molecule has 44 heavy (non-hydrogen) atoms. The summed E-state index contributed by atoms with van der Waals surface area (Å²) in [5.74, 6) is -0.586. The molecule has 1 heterocycles. The van der Waals surface area contributed by atoms with Crippen LogP contribution in [0.15, 0.2) is 66.7 Å². The molecule has 1 aliphatic rings. The highest BCUT2D eigenvalue weighted by atomic mass is 16.5. The van der Waals surface area contributed by atoms with Gasteiger partial charge in [0, 0.05) is 51.4 Å². The van der Waals surface area contributed by atoms with E-state index in [0.717, 1.165) is 38.3 Å². The Balaban J connectivity index is 1.42. The minimum absolute atomic E-state index is 0.0261. The second-order valence-electron chi connectivity index (χ2n) is 10.8. The number of amides is 2. The van der Waals surface area contributed by atoms with Gasteiger partial charge in [-0.3, -0.25) is 9.69 Å². The number of aromatic carboxylic acids is 1. The van der Waals surface area contributed by atoms with Crippen LogP contribution < -0.4 is 25.4 Å². The number of methoxy groups -OCH3 is 1. The maximum Gasteiger partial charge on any atom is 0.339 e. The number of ketones is 1. The highest BCUT2D eigenvalue weighted by Gasteiger charge is 2.22. The van der Waals surface area contributed by atoms with Crippen LogP contribution >= 0.6 is 0 Å². The molecule has 0 spiro atoms. The molecule has 11 nitrogen and oxygen atoms in total. The summed E-state index contributed by atoms with van der Waals surface area (Å²) >= 11 is 0. The van der Waals surface area contributed by atoms with Crippen LogP contribution in [0, 0.1) is 6.92 Å². The number of nitrogens with zero attached hydrogens (tertiary/aromatic N) is 2. The molecule has 234 valence electrons. The molecule has 4 rings (SSSR count). The number of Topliss-reactive ketones (excluding diaryl/α,β-unsaturated/α-hetero) is 1. The monoisotopic (exact) mass is 603 g/mol. The topological polar surface area (TPSA) is 132 Å². The van der Waals surface area contributed by atoms with E-state index in [1.54, 1.807) is 36.4 Å². The van der Waals surface area contributed by atoms with Crippen molar-refractivity contribution in [3.63, 3.8) is 0 Å². The highest BCUT2D eigenvalue weighted by molar-refractivity contribution is 6.01. The van der Waals surface area contributed by atoms with Gasteiger partial charge in [-0.25, -0.2) is 9.59 Å². The van der Waals surface area contributed by atoms with Gasteiger partial charge in [-0.1, -0.05) is 36.4 Å². The number of aryl methyl sites for hydroxylation is 1. The molecule has 3 aromatic rings. The van der Waals surface area contributed by atoms with Crippen molar-refractivity contribution >= 4 is 29.2 Å². The van der Waals surface area contributed by atoms with E-state index in [1.807, 2.05) is 31.2 Å². The average molecular weight is 604 g/mol. The predicted molar refractivity (Wildman–Crippen MR) is 170 cm³/mol. The van der Waals surface area contributed by atoms with Gasteiger partial charge in [-0.15, -0.1) is 0 Å². The number of anilines is 2. The van der Waals surface area contributed by atoms with Crippen molar-refractivity contribution in [1.82, 2.24) is 15.1 Å². The number of carbonyl (C=O) groups is 3. The van der Waals surface area contributed by atoms with E-state index >= 15 is 0 Å². The molecule has 2 amide bonds. The first-order chi connectivity index (χ1) is 21.2. The molecular weight excluding hydrogens is 562 g/mol. The highest BCUT2D eigenvalue weighted by Crippen LogP contribution is 2.27. The quantitative estimate of drug-likeness (QED) is 0.218. The van der Waals surface area contributed by atoms with E-state index in [-0.39, 0.29) is 30.1 Å². The summed E-state index contributed by atoms with van der Waals surface area (Å²) in [5, 5.41) is 18.5. The zero-order valence-corrected chi connectivity index (χ0v) is 25.5. The van der Waals surface area contributed by atoms with Crippen molar-refractivity contribution in [3.05, 3.63) is 83.4 Å². The number of nitrogens with one attached hydrogen (secondary N) is 3. The lowest BCUT2D eigenvalue weighted by atomic mass is 10.0. The first kappa shape index (κ1) is 32.5. The van der Waals surface area contributed by atoms with Crippen LogP contribution in [0.5, 0.6) is 11.5 Å². The molecule has 11 heteroatoms. The Labute approximate surface area is 258 Å². The minimum Gasteiger partial charge on any atom is -0.495 e. The summed E-state index contributed by atoms with van der Waals surface area (Å²) in [6.45, 7) is 7.16. The molecule has 0 aromatic heterocycles. The molecule has 1 aliphatic heterocycles. The number of ether oxygens (including phenoxy) is 2. The zero-order chi connectivity index (χ0) is 31.5. The number of carbonyl (C=O) groups excluding carboxylic acids is 2. The number of para-hydroxylation sites is 2. The van der Waals surface area contributed by atoms with Crippen molar-refractivity contribution in [2.75, 3.05) is 70.7 Å². The van der Waals surface area contributed by atoms with E-state index in [4.69, 9.17) is 9.47 Å². The molecule has 0 bridgehead atoms. The van der Waals surface area contributed by atoms with Crippen molar-refractivity contribution in [3.8, 4) is 11.5 Å². The van der Waals surface area contributed by atoms with Crippen LogP contribution in [0.3, 0.4) is 0 Å². The summed E-state index contributed by atoms with van der Waals surface area (Å²) < 4.78 is 11.4. The van der Waals surface area contributed by atoms with Gasteiger partial charge in [0.05, 0.1) is 12.8 Å². The molecule has 0 saturated carbocycles. The Morgan fingerprint density at radius 3 is 2.34 bits per heavy atom. The summed E-state index contributed by atoms with van der Waals surface area (Å²) in [4.78, 5) is 42.5. The van der Waals surface area contributed by atoms with Crippen LogP contribution in [-0.2, 0) is 11.2 Å². The van der Waals surface area contributed by atoms with Gasteiger partial charge >= 0.3 is 12.0 Å². The fourth-order valence-corrected chi connectivity index (χ4v) is 4.94. The van der Waals surface area contributed by atoms with Crippen LogP contribution in [0.25, 0.3) is 0 Å². The Morgan fingerprint density at radius 1 is 0.909 bits per heavy atom. The third-order valence-corrected chi connectivity index (χ3v) is 7.61. The van der Waals surface area contributed by atoms with E-state index in [2.05, 4.69) is 32.8 Å². The Bertz CT molecular complexity index is 1440. The van der Waals surface area contributed by atoms with Gasteiger partial charge in [0.2, 0.25) is 0 Å². The van der Waals surface area contributed by atoms with Crippen LogP contribution in [0.4, 0.5) is 16.2 Å². The average Bonchev–Trinajstić information content (AvgIpc) is 3.01. The van der Waals surface area contributed by atoms with E-state index in [9.17, 15) is 19.5 Å². The van der Waals surface area contributed by atoms with Gasteiger partial charge < -0.3 is 35.4 Å². The lowest BCUT2D eigenvalue weighted by Crippen LogP contribution is -2.49. The van der Waals surface area contributed by atoms with Crippen molar-refractivity contribution in [2.24, 2.45) is 0 Å². The number of carboxylic acid groups (broad SMARTS) is 1. The fraction of sp³-hybridized carbons (Fsp3) is 0.364. The summed E-state index contributed by atoms with van der Waals surface area (Å²) in [6.07, 6.45) is 0.0855. The largest absolute Gasteiger partial charge is 0.495 e. The number of likely N-dealkylation sites (N-methyl/N-ethyl adjacent to an activating group) is 1. The number of benzene rings is 3. The molecule has 1 unspecified atom stereocenters. The van der Waals surface area contributed by atoms with Crippen molar-refractivity contribution in [2.45, 2.75) is 19.4 Å². The predicted octanol–water partition coefficient (Wildman–Crippen LogP) is 3.74. The fourth-order valence-electron chi connectivity index (χ4n) is 4.94. The zero-order valence-electron chi connectivity index (χ0n) is 25.5. The first-order valence-corrected chi connectivity index (χ1v) is 14.7. The second-order valence-corrected chi connectivity index (χ2v) is 10.8. The van der Waals surface area contributed by atoms with Gasteiger partial charge in [0.25, 0.3) is 0 Å². The summed E-state index contributed by atoms with van der Waals surface area (Å²) in [5.41, 5.74) is 2.84. The van der Waals surface area contributed by atoms with Crippen molar-refractivity contribution in [1.29, 1.82) is 0 Å². The SMILES string of the molecule is COc1cc(CC(=O)C(COc2ccccc2C(=O)O)NCCN2CCN(C)CC2)ccc1NC(=O)Nc1ccccc1C. The Kier molecular flexibility index (Phi) is 11.7. The van der Waals surface area contributed by atoms with Crippen LogP contribution in [0.2, 0.25) is 0 Å². The molecular formula is C33H41N5O6. The van der Waals surface area contributed by atoms with Gasteiger partial charge in [-0.2, -0.15) is 0 Å².